The van der Waals surface area contributed by atoms with Crippen LogP contribution in [0, 0.1) is 23.7 Å². The first-order chi connectivity index (χ1) is 10.5. The van der Waals surface area contributed by atoms with Gasteiger partial charge in [0.05, 0.1) is 0 Å². The Morgan fingerprint density at radius 1 is 0.818 bits per heavy atom. The van der Waals surface area contributed by atoms with Gasteiger partial charge in [0, 0.05) is 0 Å². The number of nitrogens with zero attached hydrogens (tertiary/aromatic N) is 1. The van der Waals surface area contributed by atoms with E-state index in [9.17, 15) is 5.11 Å². The van der Waals surface area contributed by atoms with Gasteiger partial charge in [0.15, 0.2) is 0 Å². The van der Waals surface area contributed by atoms with Gasteiger partial charge in [-0.25, -0.2) is 0 Å². The standard InChI is InChI=1S/C15H23NOSe.CH3NOSe/c17-15(18)16(13-7-9-1-3-11(13)5-9)14-8-10-2-4-12(14)6-10;2-1(3)4/h9-14H,1-8H2,(H,17,18);(H3,2,3,4). The summed E-state index contributed by atoms with van der Waals surface area (Å²) in [4.78, 5) is 2.42. The van der Waals surface area contributed by atoms with Crippen molar-refractivity contribution in [2.45, 2.75) is 63.5 Å². The predicted molar refractivity (Wildman–Crippen MR) is 89.9 cm³/mol. The molecule has 0 aromatic heterocycles. The second-order valence-electron chi connectivity index (χ2n) is 7.51. The molecule has 4 aliphatic rings. The summed E-state index contributed by atoms with van der Waals surface area (Å²) in [6.45, 7) is 0. The average Bonchev–Trinajstić information content (AvgIpc) is 3.18. The zero-order valence-electron chi connectivity index (χ0n) is 12.9. The second kappa shape index (κ2) is 6.84. The molecule has 4 saturated carbocycles. The third-order valence-corrected chi connectivity index (χ3v) is 6.78. The first-order valence-electron chi connectivity index (χ1n) is 8.45. The van der Waals surface area contributed by atoms with E-state index in [2.05, 4.69) is 41.8 Å². The van der Waals surface area contributed by atoms with Gasteiger partial charge in [0.2, 0.25) is 0 Å². The van der Waals surface area contributed by atoms with Crippen molar-refractivity contribution in [1.29, 1.82) is 0 Å². The van der Waals surface area contributed by atoms with Crippen LogP contribution in [0.3, 0.4) is 0 Å². The molecule has 6 heteroatoms. The fourth-order valence-corrected chi connectivity index (χ4v) is 6.20. The Labute approximate surface area is 148 Å². The van der Waals surface area contributed by atoms with Crippen molar-refractivity contribution < 1.29 is 10.2 Å². The Balaban J connectivity index is 0.000000325. The summed E-state index contributed by atoms with van der Waals surface area (Å²) in [5.41, 5.74) is 4.53. The molecule has 0 aromatic carbocycles. The summed E-state index contributed by atoms with van der Waals surface area (Å²) in [6.07, 6.45) is 11.2. The molecule has 4 N–H and O–H groups in total. The van der Waals surface area contributed by atoms with E-state index in [1.165, 1.54) is 51.4 Å². The maximum atomic E-state index is 10.2. The number of hydrogen-bond donors (Lipinski definition) is 3. The zero-order chi connectivity index (χ0) is 15.9. The molecule has 0 heterocycles. The molecule has 4 nitrogen and oxygen atoms in total. The summed E-state index contributed by atoms with van der Waals surface area (Å²) in [7, 11) is 0. The van der Waals surface area contributed by atoms with Crippen LogP contribution in [0.4, 0.5) is 0 Å². The average molecular weight is 436 g/mol. The Hall–Kier alpha value is -0.0210. The first-order valence-corrected chi connectivity index (χ1v) is 10.2. The van der Waals surface area contributed by atoms with Gasteiger partial charge in [-0.05, 0) is 0 Å². The van der Waals surface area contributed by atoms with Gasteiger partial charge in [0.25, 0.3) is 0 Å². The molecule has 6 atom stereocenters. The van der Waals surface area contributed by atoms with Gasteiger partial charge in [-0.3, -0.25) is 0 Å². The second-order valence-corrected chi connectivity index (χ2v) is 9.16. The fourth-order valence-electron chi connectivity index (χ4n) is 5.63. The summed E-state index contributed by atoms with van der Waals surface area (Å²) in [6, 6.07) is 1.30. The van der Waals surface area contributed by atoms with E-state index in [-0.39, 0.29) is 4.73 Å². The van der Waals surface area contributed by atoms with Gasteiger partial charge in [-0.15, -0.1) is 0 Å². The van der Waals surface area contributed by atoms with E-state index in [4.69, 9.17) is 5.11 Å². The Morgan fingerprint density at radius 3 is 1.45 bits per heavy atom. The van der Waals surface area contributed by atoms with Gasteiger partial charge in [-0.2, -0.15) is 0 Å². The molecule has 0 spiro atoms. The minimum absolute atomic E-state index is 0.208. The van der Waals surface area contributed by atoms with Crippen molar-refractivity contribution in [2.75, 3.05) is 0 Å². The van der Waals surface area contributed by atoms with Crippen LogP contribution in [0.25, 0.3) is 0 Å². The van der Waals surface area contributed by atoms with Gasteiger partial charge >= 0.3 is 149 Å². The van der Waals surface area contributed by atoms with Crippen LogP contribution < -0.4 is 5.73 Å². The molecular formula is C16H26N2O2Se2. The predicted octanol–water partition coefficient (Wildman–Crippen LogP) is 0.867. The molecular weight excluding hydrogens is 410 g/mol. The molecule has 0 amide bonds. The molecule has 0 radical (unpaired) electrons. The number of hydrogen-bond acceptors (Lipinski definition) is 4. The topological polar surface area (TPSA) is 69.7 Å². The van der Waals surface area contributed by atoms with E-state index >= 15 is 0 Å². The number of fused-ring (bicyclic) bond motifs is 4. The zero-order valence-corrected chi connectivity index (χ0v) is 16.3. The van der Waals surface area contributed by atoms with Crippen LogP contribution in [0.15, 0.2) is 0 Å². The number of rotatable bonds is 3. The third-order valence-electron chi connectivity index (χ3n) is 6.34. The van der Waals surface area contributed by atoms with Gasteiger partial charge in [0.1, 0.15) is 0 Å². The first kappa shape index (κ1) is 16.8. The summed E-state index contributed by atoms with van der Waals surface area (Å²) < 4.78 is 0.283. The van der Waals surface area contributed by atoms with Crippen LogP contribution in [0.2, 0.25) is 0 Å². The summed E-state index contributed by atoms with van der Waals surface area (Å²) >= 11 is 5.06. The minimum atomic E-state index is -0.208. The maximum absolute atomic E-state index is 10.2. The van der Waals surface area contributed by atoms with Gasteiger partial charge in [-0.1, -0.05) is 0 Å². The van der Waals surface area contributed by atoms with Crippen molar-refractivity contribution in [3.8, 4) is 0 Å². The molecule has 124 valence electrons. The number of aliphatic hydroxyl groups excluding tert-OH is 2. The Morgan fingerprint density at radius 2 is 1.23 bits per heavy atom. The van der Waals surface area contributed by atoms with Crippen LogP contribution in [-0.2, 0) is 0 Å². The van der Waals surface area contributed by atoms with Crippen LogP contribution in [-0.4, -0.2) is 67.8 Å². The van der Waals surface area contributed by atoms with Crippen molar-refractivity contribution in [2.24, 2.45) is 29.4 Å². The summed E-state index contributed by atoms with van der Waals surface area (Å²) in [5.74, 6) is 3.65. The number of nitrogens with two attached hydrogens (primary N) is 1. The molecule has 0 saturated heterocycles. The summed E-state index contributed by atoms with van der Waals surface area (Å²) in [5, 5.41) is 17.9. The monoisotopic (exact) mass is 438 g/mol. The third kappa shape index (κ3) is 3.40. The molecule has 22 heavy (non-hydrogen) atoms. The molecule has 6 unspecified atom stereocenters. The molecule has 4 fully saturated rings. The fraction of sp³-hybridized carbons (Fsp3) is 0.875. The normalized spacial score (nSPS) is 41.1. The number of aliphatic hydroxyl groups is 2. The van der Waals surface area contributed by atoms with Gasteiger partial charge < -0.3 is 0 Å². The molecule has 0 aromatic rings. The molecule has 4 bridgehead atoms. The molecule has 4 rings (SSSR count). The quantitative estimate of drug-likeness (QED) is 0.575. The molecule has 4 aliphatic carbocycles. The SMILES string of the molecule is NC(O)=[Se].OC(=[Se])N(C1CC2CCC1C2)C1CC2CCC1C2. The van der Waals surface area contributed by atoms with E-state index in [1.54, 1.807) is 0 Å². The van der Waals surface area contributed by atoms with Crippen molar-refractivity contribution in [1.82, 2.24) is 4.90 Å². The Bertz CT molecular complexity index is 427. The van der Waals surface area contributed by atoms with Crippen LogP contribution in [0.1, 0.15) is 51.4 Å². The van der Waals surface area contributed by atoms with Crippen LogP contribution in [0.5, 0.6) is 0 Å². The van der Waals surface area contributed by atoms with Crippen molar-refractivity contribution in [3.63, 3.8) is 0 Å². The Kier molecular flexibility index (Phi) is 5.23. The molecule has 0 aliphatic heterocycles. The van der Waals surface area contributed by atoms with E-state index < -0.39 is 0 Å². The van der Waals surface area contributed by atoms with E-state index in [0.29, 0.717) is 16.8 Å². The van der Waals surface area contributed by atoms with E-state index in [1.807, 2.05) is 0 Å². The van der Waals surface area contributed by atoms with Crippen molar-refractivity contribution in [3.05, 3.63) is 0 Å². The van der Waals surface area contributed by atoms with E-state index in [0.717, 1.165) is 23.7 Å². The van der Waals surface area contributed by atoms with Crippen LogP contribution >= 0.6 is 0 Å². The van der Waals surface area contributed by atoms with Crippen molar-refractivity contribution >= 4 is 40.6 Å².